The molecule has 1 heterocycles. The first-order chi connectivity index (χ1) is 13.2. The quantitative estimate of drug-likeness (QED) is 0.683. The largest absolute Gasteiger partial charge is 0.341 e. The Morgan fingerprint density at radius 1 is 1.07 bits per heavy atom. The van der Waals surface area contributed by atoms with Crippen molar-refractivity contribution in [1.82, 2.24) is 9.80 Å². The molecular formula is C23H33Cl2N3O. The van der Waals surface area contributed by atoms with E-state index in [4.69, 9.17) is 5.73 Å². The lowest BCUT2D eigenvalue weighted by molar-refractivity contribution is -0.133. The van der Waals surface area contributed by atoms with E-state index in [1.54, 1.807) is 0 Å². The van der Waals surface area contributed by atoms with Gasteiger partial charge in [-0.25, -0.2) is 0 Å². The van der Waals surface area contributed by atoms with Gasteiger partial charge >= 0.3 is 0 Å². The fourth-order valence-electron chi connectivity index (χ4n) is 3.92. The second-order valence-corrected chi connectivity index (χ2v) is 7.55. The van der Waals surface area contributed by atoms with Crippen molar-refractivity contribution in [3.8, 4) is 0 Å². The van der Waals surface area contributed by atoms with E-state index < -0.39 is 6.04 Å². The summed E-state index contributed by atoms with van der Waals surface area (Å²) in [5, 5.41) is 0. The van der Waals surface area contributed by atoms with E-state index in [1.165, 1.54) is 5.56 Å². The van der Waals surface area contributed by atoms with Gasteiger partial charge in [0.05, 0.1) is 6.04 Å². The summed E-state index contributed by atoms with van der Waals surface area (Å²) in [5.41, 5.74) is 8.70. The van der Waals surface area contributed by atoms with Gasteiger partial charge in [0.15, 0.2) is 0 Å². The number of amides is 1. The Hall–Kier alpha value is -1.59. The lowest BCUT2D eigenvalue weighted by atomic mass is 10.0. The van der Waals surface area contributed by atoms with Crippen LogP contribution in [-0.2, 0) is 17.8 Å². The Morgan fingerprint density at radius 2 is 1.66 bits per heavy atom. The Kier molecular flexibility index (Phi) is 11.3. The fraction of sp³-hybridized carbons (Fsp3) is 0.435. The first kappa shape index (κ1) is 25.4. The van der Waals surface area contributed by atoms with Crippen molar-refractivity contribution in [3.05, 3.63) is 71.8 Å². The molecule has 2 aromatic rings. The molecule has 2 aromatic carbocycles. The van der Waals surface area contributed by atoms with Crippen LogP contribution in [0.1, 0.15) is 24.5 Å². The molecule has 1 aliphatic heterocycles. The second kappa shape index (κ2) is 12.9. The summed E-state index contributed by atoms with van der Waals surface area (Å²) in [6, 6.07) is 20.2. The van der Waals surface area contributed by atoms with Gasteiger partial charge in [0.1, 0.15) is 0 Å². The summed E-state index contributed by atoms with van der Waals surface area (Å²) in [6.45, 7) is 6.71. The first-order valence-electron chi connectivity index (χ1n) is 10.00. The van der Waals surface area contributed by atoms with Crippen molar-refractivity contribution in [2.45, 2.75) is 32.4 Å². The molecule has 160 valence electrons. The van der Waals surface area contributed by atoms with E-state index >= 15 is 0 Å². The molecule has 0 aromatic heterocycles. The van der Waals surface area contributed by atoms with E-state index in [-0.39, 0.29) is 30.7 Å². The molecule has 1 amide bonds. The average molecular weight is 438 g/mol. The van der Waals surface area contributed by atoms with Crippen LogP contribution in [-0.4, -0.2) is 47.9 Å². The molecule has 1 fully saturated rings. The van der Waals surface area contributed by atoms with Gasteiger partial charge in [0.25, 0.3) is 0 Å². The number of nitrogens with two attached hydrogens (primary N) is 1. The Labute approximate surface area is 187 Å². The van der Waals surface area contributed by atoms with Crippen LogP contribution in [0.3, 0.4) is 0 Å². The van der Waals surface area contributed by atoms with Gasteiger partial charge in [0.2, 0.25) is 5.91 Å². The van der Waals surface area contributed by atoms with E-state index in [1.807, 2.05) is 42.2 Å². The normalized spacial score (nSPS) is 17.1. The smallest absolute Gasteiger partial charge is 0.239 e. The third-order valence-electron chi connectivity index (χ3n) is 5.41. The molecule has 3 rings (SSSR count). The lowest BCUT2D eigenvalue weighted by Crippen LogP contribution is -2.46. The first-order valence-corrected chi connectivity index (χ1v) is 10.00. The SMILES string of the molecule is CCN(CC1CCN(Cc2ccccc2)C1)C(=O)C(N)Cc1ccccc1.Cl.Cl. The zero-order valence-corrected chi connectivity index (χ0v) is 18.7. The van der Waals surface area contributed by atoms with Gasteiger partial charge in [-0.05, 0) is 43.4 Å². The highest BCUT2D eigenvalue weighted by atomic mass is 35.5. The summed E-state index contributed by atoms with van der Waals surface area (Å²) in [7, 11) is 0. The number of carbonyl (C=O) groups excluding carboxylic acids is 1. The minimum absolute atomic E-state index is 0. The van der Waals surface area contributed by atoms with Crippen LogP contribution in [0.4, 0.5) is 0 Å². The third-order valence-corrected chi connectivity index (χ3v) is 5.41. The minimum Gasteiger partial charge on any atom is -0.341 e. The van der Waals surface area contributed by atoms with Gasteiger partial charge in [-0.3, -0.25) is 9.69 Å². The van der Waals surface area contributed by atoms with Crippen LogP contribution in [0.25, 0.3) is 0 Å². The van der Waals surface area contributed by atoms with Crippen molar-refractivity contribution in [3.63, 3.8) is 0 Å². The molecule has 2 unspecified atom stereocenters. The number of benzene rings is 2. The molecular weight excluding hydrogens is 405 g/mol. The predicted octanol–water partition coefficient (Wildman–Crippen LogP) is 3.77. The Bertz CT molecular complexity index is 715. The predicted molar refractivity (Wildman–Crippen MR) is 125 cm³/mol. The maximum absolute atomic E-state index is 12.8. The third kappa shape index (κ3) is 7.63. The summed E-state index contributed by atoms with van der Waals surface area (Å²) in [6.07, 6.45) is 1.74. The summed E-state index contributed by atoms with van der Waals surface area (Å²) >= 11 is 0. The molecule has 0 saturated carbocycles. The van der Waals surface area contributed by atoms with Crippen LogP contribution >= 0.6 is 24.8 Å². The number of nitrogens with zero attached hydrogens (tertiary/aromatic N) is 2. The van der Waals surface area contributed by atoms with Gasteiger partial charge in [-0.15, -0.1) is 24.8 Å². The standard InChI is InChI=1S/C23H31N3O.2ClH/c1-2-26(23(27)22(24)15-19-9-5-3-6-10-19)18-21-13-14-25(17-21)16-20-11-7-4-8-12-20;;/h3-12,21-22H,2,13-18,24H2,1H3;2*1H. The zero-order valence-electron chi connectivity index (χ0n) is 17.1. The van der Waals surface area contributed by atoms with Gasteiger partial charge in [-0.1, -0.05) is 60.7 Å². The molecule has 2 atom stereocenters. The molecule has 0 radical (unpaired) electrons. The van der Waals surface area contributed by atoms with Crippen molar-refractivity contribution in [1.29, 1.82) is 0 Å². The number of likely N-dealkylation sites (tertiary alicyclic amines) is 1. The fourth-order valence-corrected chi connectivity index (χ4v) is 3.92. The lowest BCUT2D eigenvalue weighted by Gasteiger charge is -2.27. The second-order valence-electron chi connectivity index (χ2n) is 7.55. The van der Waals surface area contributed by atoms with Crippen LogP contribution in [0, 0.1) is 5.92 Å². The van der Waals surface area contributed by atoms with E-state index in [2.05, 4.69) is 35.2 Å². The Morgan fingerprint density at radius 3 is 2.24 bits per heavy atom. The molecule has 1 saturated heterocycles. The highest BCUT2D eigenvalue weighted by Crippen LogP contribution is 2.20. The highest BCUT2D eigenvalue weighted by molar-refractivity contribution is 5.85. The van der Waals surface area contributed by atoms with Crippen molar-refractivity contribution >= 4 is 30.7 Å². The van der Waals surface area contributed by atoms with Gasteiger partial charge in [-0.2, -0.15) is 0 Å². The summed E-state index contributed by atoms with van der Waals surface area (Å²) < 4.78 is 0. The van der Waals surface area contributed by atoms with E-state index in [0.717, 1.165) is 44.7 Å². The van der Waals surface area contributed by atoms with Crippen molar-refractivity contribution in [2.24, 2.45) is 11.7 Å². The minimum atomic E-state index is -0.464. The number of halogens is 2. The van der Waals surface area contributed by atoms with Gasteiger partial charge < -0.3 is 10.6 Å². The van der Waals surface area contributed by atoms with Crippen LogP contribution in [0.2, 0.25) is 0 Å². The maximum Gasteiger partial charge on any atom is 0.239 e. The maximum atomic E-state index is 12.8. The number of hydrogen-bond acceptors (Lipinski definition) is 3. The zero-order chi connectivity index (χ0) is 19.1. The van der Waals surface area contributed by atoms with E-state index in [9.17, 15) is 4.79 Å². The molecule has 6 heteroatoms. The molecule has 0 bridgehead atoms. The van der Waals surface area contributed by atoms with Crippen molar-refractivity contribution in [2.75, 3.05) is 26.2 Å². The van der Waals surface area contributed by atoms with E-state index in [0.29, 0.717) is 12.3 Å². The Balaban J connectivity index is 0.00000210. The molecule has 0 aliphatic carbocycles. The monoisotopic (exact) mass is 437 g/mol. The average Bonchev–Trinajstić information content (AvgIpc) is 3.14. The van der Waals surface area contributed by atoms with Crippen LogP contribution < -0.4 is 5.73 Å². The summed E-state index contributed by atoms with van der Waals surface area (Å²) in [5.74, 6) is 0.601. The molecule has 1 aliphatic rings. The topological polar surface area (TPSA) is 49.6 Å². The highest BCUT2D eigenvalue weighted by Gasteiger charge is 2.27. The summed E-state index contributed by atoms with van der Waals surface area (Å²) in [4.78, 5) is 17.3. The van der Waals surface area contributed by atoms with Crippen LogP contribution in [0.5, 0.6) is 0 Å². The van der Waals surface area contributed by atoms with Crippen LogP contribution in [0.15, 0.2) is 60.7 Å². The van der Waals surface area contributed by atoms with Crippen molar-refractivity contribution < 1.29 is 4.79 Å². The molecule has 4 nitrogen and oxygen atoms in total. The number of hydrogen-bond donors (Lipinski definition) is 1. The number of carbonyl (C=O) groups is 1. The number of likely N-dealkylation sites (N-methyl/N-ethyl adjacent to an activating group) is 1. The molecule has 2 N–H and O–H groups in total. The molecule has 0 spiro atoms. The number of rotatable bonds is 8. The molecule has 29 heavy (non-hydrogen) atoms. The van der Waals surface area contributed by atoms with Gasteiger partial charge in [0, 0.05) is 26.2 Å².